The summed E-state index contributed by atoms with van der Waals surface area (Å²) in [7, 11) is 3.89. The second-order valence-corrected chi connectivity index (χ2v) is 7.06. The van der Waals surface area contributed by atoms with Crippen LogP contribution in [0, 0.1) is 20.8 Å². The molecular formula is C22H22N2O. The number of aryl methyl sites for hydroxylation is 5. The number of fused-ring (bicyclic) bond motifs is 3. The molecule has 2 aromatic heterocycles. The first kappa shape index (κ1) is 15.7. The molecule has 126 valence electrons. The number of aromatic nitrogens is 2. The van der Waals surface area contributed by atoms with Crippen molar-refractivity contribution in [2.75, 3.05) is 0 Å². The Hall–Kier alpha value is -2.81. The van der Waals surface area contributed by atoms with Crippen LogP contribution in [0.25, 0.3) is 33.1 Å². The van der Waals surface area contributed by atoms with Crippen LogP contribution in [0.15, 0.2) is 47.3 Å². The highest BCUT2D eigenvalue weighted by molar-refractivity contribution is 6.08. The Morgan fingerprint density at radius 3 is 2.12 bits per heavy atom. The zero-order valence-corrected chi connectivity index (χ0v) is 15.3. The SMILES string of the molecule is Cc1ccc(-c2cc3c4cc(C)ccc4n(C)c3n(C)c2=O)c(C)c1. The van der Waals surface area contributed by atoms with E-state index < -0.39 is 0 Å². The normalized spacial score (nSPS) is 11.6. The van der Waals surface area contributed by atoms with Gasteiger partial charge in [0.2, 0.25) is 0 Å². The van der Waals surface area contributed by atoms with E-state index in [1.165, 1.54) is 16.5 Å². The smallest absolute Gasteiger partial charge is 0.259 e. The molecular weight excluding hydrogens is 308 g/mol. The van der Waals surface area contributed by atoms with Gasteiger partial charge in [0, 0.05) is 30.4 Å². The summed E-state index contributed by atoms with van der Waals surface area (Å²) in [4.78, 5) is 13.1. The lowest BCUT2D eigenvalue weighted by Crippen LogP contribution is -2.20. The van der Waals surface area contributed by atoms with Crippen molar-refractivity contribution in [2.45, 2.75) is 20.8 Å². The van der Waals surface area contributed by atoms with Crippen molar-refractivity contribution in [2.24, 2.45) is 14.1 Å². The number of benzene rings is 2. The molecule has 2 aromatic carbocycles. The van der Waals surface area contributed by atoms with Crippen LogP contribution in [-0.2, 0) is 14.1 Å². The average molecular weight is 330 g/mol. The fourth-order valence-electron chi connectivity index (χ4n) is 3.91. The van der Waals surface area contributed by atoms with E-state index in [4.69, 9.17) is 0 Å². The molecule has 0 aliphatic carbocycles. The minimum Gasteiger partial charge on any atom is -0.330 e. The van der Waals surface area contributed by atoms with Crippen LogP contribution < -0.4 is 5.56 Å². The highest BCUT2D eigenvalue weighted by atomic mass is 16.1. The first-order valence-corrected chi connectivity index (χ1v) is 8.55. The summed E-state index contributed by atoms with van der Waals surface area (Å²) in [5, 5.41) is 2.32. The molecule has 0 aliphatic heterocycles. The van der Waals surface area contributed by atoms with E-state index in [1.807, 2.05) is 14.1 Å². The van der Waals surface area contributed by atoms with Crippen LogP contribution in [0.5, 0.6) is 0 Å². The van der Waals surface area contributed by atoms with Gasteiger partial charge in [-0.3, -0.25) is 9.36 Å². The summed E-state index contributed by atoms with van der Waals surface area (Å²) in [6.07, 6.45) is 0. The maximum atomic E-state index is 13.1. The Morgan fingerprint density at radius 1 is 0.720 bits per heavy atom. The van der Waals surface area contributed by atoms with Crippen LogP contribution in [0.1, 0.15) is 16.7 Å². The average Bonchev–Trinajstić information content (AvgIpc) is 2.83. The molecule has 0 atom stereocenters. The number of hydrogen-bond acceptors (Lipinski definition) is 1. The maximum Gasteiger partial charge on any atom is 0.259 e. The van der Waals surface area contributed by atoms with E-state index in [0.29, 0.717) is 0 Å². The monoisotopic (exact) mass is 330 g/mol. The third-order valence-corrected chi connectivity index (χ3v) is 5.18. The molecule has 0 bridgehead atoms. The van der Waals surface area contributed by atoms with Crippen molar-refractivity contribution in [3.63, 3.8) is 0 Å². The van der Waals surface area contributed by atoms with Crippen molar-refractivity contribution < 1.29 is 0 Å². The molecule has 4 rings (SSSR count). The summed E-state index contributed by atoms with van der Waals surface area (Å²) in [5.41, 5.74) is 7.49. The Kier molecular flexibility index (Phi) is 3.36. The summed E-state index contributed by atoms with van der Waals surface area (Å²) < 4.78 is 3.89. The van der Waals surface area contributed by atoms with Gasteiger partial charge in [-0.15, -0.1) is 0 Å². The topological polar surface area (TPSA) is 26.9 Å². The predicted octanol–water partition coefficient (Wildman–Crippen LogP) is 4.62. The summed E-state index contributed by atoms with van der Waals surface area (Å²) in [5.74, 6) is 0. The van der Waals surface area contributed by atoms with E-state index in [2.05, 4.69) is 67.8 Å². The van der Waals surface area contributed by atoms with Gasteiger partial charge in [0.15, 0.2) is 0 Å². The van der Waals surface area contributed by atoms with Crippen molar-refractivity contribution >= 4 is 21.9 Å². The van der Waals surface area contributed by atoms with Crippen LogP contribution >= 0.6 is 0 Å². The fraction of sp³-hybridized carbons (Fsp3) is 0.227. The summed E-state index contributed by atoms with van der Waals surface area (Å²) in [6, 6.07) is 14.8. The lowest BCUT2D eigenvalue weighted by Gasteiger charge is -2.10. The molecule has 0 aliphatic rings. The molecule has 3 heteroatoms. The first-order chi connectivity index (χ1) is 11.9. The van der Waals surface area contributed by atoms with Gasteiger partial charge in [-0.1, -0.05) is 35.4 Å². The number of pyridine rings is 1. The highest BCUT2D eigenvalue weighted by Crippen LogP contribution is 2.31. The second kappa shape index (κ2) is 5.35. The van der Waals surface area contributed by atoms with Crippen molar-refractivity contribution in [1.29, 1.82) is 0 Å². The van der Waals surface area contributed by atoms with Crippen molar-refractivity contribution in [3.05, 3.63) is 69.5 Å². The van der Waals surface area contributed by atoms with Gasteiger partial charge >= 0.3 is 0 Å². The van der Waals surface area contributed by atoms with Gasteiger partial charge < -0.3 is 4.57 Å². The number of rotatable bonds is 1. The van der Waals surface area contributed by atoms with Crippen LogP contribution in [0.3, 0.4) is 0 Å². The molecule has 0 spiro atoms. The van der Waals surface area contributed by atoms with Gasteiger partial charge in [0.05, 0.1) is 5.52 Å². The largest absolute Gasteiger partial charge is 0.330 e. The minimum absolute atomic E-state index is 0.0436. The fourth-order valence-corrected chi connectivity index (χ4v) is 3.91. The maximum absolute atomic E-state index is 13.1. The lowest BCUT2D eigenvalue weighted by atomic mass is 9.98. The van der Waals surface area contributed by atoms with Crippen molar-refractivity contribution in [3.8, 4) is 11.1 Å². The standard InChI is InChI=1S/C22H22N2O/c1-13-6-8-16(15(3)10-13)19-12-18-17-11-14(2)7-9-20(17)23(4)21(18)24(5)22(19)25/h6-12H,1-5H3. The highest BCUT2D eigenvalue weighted by Gasteiger charge is 2.16. The van der Waals surface area contributed by atoms with E-state index in [-0.39, 0.29) is 5.56 Å². The second-order valence-electron chi connectivity index (χ2n) is 7.06. The molecule has 0 unspecified atom stereocenters. The quantitative estimate of drug-likeness (QED) is 0.500. The summed E-state index contributed by atoms with van der Waals surface area (Å²) >= 11 is 0. The molecule has 4 aromatic rings. The van der Waals surface area contributed by atoms with E-state index in [0.717, 1.165) is 33.2 Å². The molecule has 0 amide bonds. The number of nitrogens with zero attached hydrogens (tertiary/aromatic N) is 2. The summed E-state index contributed by atoms with van der Waals surface area (Å²) in [6.45, 7) is 6.25. The Labute approximate surface area is 147 Å². The van der Waals surface area contributed by atoms with E-state index in [9.17, 15) is 4.79 Å². The Balaban J connectivity index is 2.18. The van der Waals surface area contributed by atoms with E-state index >= 15 is 0 Å². The third-order valence-electron chi connectivity index (χ3n) is 5.18. The van der Waals surface area contributed by atoms with Crippen LogP contribution in [0.2, 0.25) is 0 Å². The Morgan fingerprint density at radius 2 is 1.40 bits per heavy atom. The van der Waals surface area contributed by atoms with Crippen LogP contribution in [-0.4, -0.2) is 9.13 Å². The molecule has 0 fully saturated rings. The van der Waals surface area contributed by atoms with E-state index in [1.54, 1.807) is 4.57 Å². The zero-order chi connectivity index (χ0) is 17.9. The predicted molar refractivity (Wildman–Crippen MR) is 105 cm³/mol. The van der Waals surface area contributed by atoms with Gasteiger partial charge in [0.25, 0.3) is 5.56 Å². The third kappa shape index (κ3) is 2.23. The molecule has 25 heavy (non-hydrogen) atoms. The molecule has 0 saturated carbocycles. The molecule has 3 nitrogen and oxygen atoms in total. The zero-order valence-electron chi connectivity index (χ0n) is 15.3. The van der Waals surface area contributed by atoms with Gasteiger partial charge in [-0.2, -0.15) is 0 Å². The molecule has 0 radical (unpaired) electrons. The molecule has 0 N–H and O–H groups in total. The van der Waals surface area contributed by atoms with Gasteiger partial charge in [0.1, 0.15) is 5.65 Å². The van der Waals surface area contributed by atoms with Crippen molar-refractivity contribution in [1.82, 2.24) is 9.13 Å². The number of hydrogen-bond donors (Lipinski definition) is 0. The van der Waals surface area contributed by atoms with Gasteiger partial charge in [-0.25, -0.2) is 0 Å². The molecule has 2 heterocycles. The van der Waals surface area contributed by atoms with Crippen LogP contribution in [0.4, 0.5) is 0 Å². The molecule has 0 saturated heterocycles. The minimum atomic E-state index is 0.0436. The van der Waals surface area contributed by atoms with Gasteiger partial charge in [-0.05, 0) is 50.1 Å². The Bertz CT molecular complexity index is 1210. The lowest BCUT2D eigenvalue weighted by molar-refractivity contribution is 0.846. The first-order valence-electron chi connectivity index (χ1n) is 8.55.